The number of anilines is 1. The van der Waals surface area contributed by atoms with E-state index in [4.69, 9.17) is 9.98 Å². The van der Waals surface area contributed by atoms with Crippen LogP contribution in [0.4, 0.5) is 16.2 Å². The molecule has 6 aromatic rings. The Morgan fingerprint density at radius 1 is 0.919 bits per heavy atom. The average Bonchev–Trinajstić information content (AvgIpc) is 4.07. The van der Waals surface area contributed by atoms with Crippen molar-refractivity contribution >= 4 is 74.0 Å². The van der Waals surface area contributed by atoms with Crippen molar-refractivity contribution in [2.75, 3.05) is 39.1 Å². The van der Waals surface area contributed by atoms with E-state index >= 15 is 0 Å². The summed E-state index contributed by atoms with van der Waals surface area (Å²) in [5, 5.41) is 13.0. The molecule has 1 fully saturated rings. The second-order valence-electron chi connectivity index (χ2n) is 16.3. The Morgan fingerprint density at radius 3 is 2.27 bits per heavy atom. The third-order valence-corrected chi connectivity index (χ3v) is 11.7. The molecule has 322 valence electrons. The first kappa shape index (κ1) is 43.3. The monoisotopic (exact) mass is 836 g/mol. The van der Waals surface area contributed by atoms with Crippen LogP contribution in [0.3, 0.4) is 0 Å². The summed E-state index contributed by atoms with van der Waals surface area (Å²) in [5.74, 6) is 0.399. The third-order valence-electron chi connectivity index (χ3n) is 11.7. The molecule has 0 aliphatic heterocycles. The molecule has 13 heteroatoms. The lowest BCUT2D eigenvalue weighted by atomic mass is 9.97. The molecular formula is C49H56N8O5. The Hall–Kier alpha value is -6.76. The highest BCUT2D eigenvalue weighted by molar-refractivity contribution is 6.06. The van der Waals surface area contributed by atoms with E-state index in [1.165, 1.54) is 7.11 Å². The number of H-pyrrole nitrogens is 1. The fraction of sp³-hybridized carbons (Fsp3) is 0.347. The van der Waals surface area contributed by atoms with Crippen molar-refractivity contribution in [3.63, 3.8) is 0 Å². The van der Waals surface area contributed by atoms with Crippen LogP contribution in [-0.2, 0) is 25.7 Å². The summed E-state index contributed by atoms with van der Waals surface area (Å²) < 4.78 is 4.65. The molecule has 1 aliphatic carbocycles. The fourth-order valence-corrected chi connectivity index (χ4v) is 7.81. The first-order valence-electron chi connectivity index (χ1n) is 21.4. The number of carbonyl (C=O) groups excluding carboxylic acids is 4. The van der Waals surface area contributed by atoms with E-state index in [1.54, 1.807) is 16.0 Å². The molecule has 0 saturated heterocycles. The second kappa shape index (κ2) is 19.3. The van der Waals surface area contributed by atoms with Gasteiger partial charge in [-0.2, -0.15) is 0 Å². The van der Waals surface area contributed by atoms with Gasteiger partial charge in [0.1, 0.15) is 18.4 Å². The number of hydrogen-bond donors (Lipinski definition) is 4. The summed E-state index contributed by atoms with van der Waals surface area (Å²) in [4.78, 5) is 68.4. The minimum Gasteiger partial charge on any atom is -0.453 e. The highest BCUT2D eigenvalue weighted by Gasteiger charge is 2.34. The van der Waals surface area contributed by atoms with Crippen molar-refractivity contribution in [3.8, 4) is 11.1 Å². The molecule has 62 heavy (non-hydrogen) atoms. The molecule has 1 aromatic heterocycles. The van der Waals surface area contributed by atoms with Gasteiger partial charge >= 0.3 is 6.09 Å². The minimum absolute atomic E-state index is 0.0106. The molecule has 0 bridgehead atoms. The van der Waals surface area contributed by atoms with Crippen LogP contribution >= 0.6 is 0 Å². The summed E-state index contributed by atoms with van der Waals surface area (Å²) >= 11 is 0. The van der Waals surface area contributed by atoms with Crippen molar-refractivity contribution in [2.24, 2.45) is 16.8 Å². The number of aromatic amines is 1. The van der Waals surface area contributed by atoms with E-state index in [1.807, 2.05) is 63.4 Å². The third kappa shape index (κ3) is 9.72. The quantitative estimate of drug-likeness (QED) is 0.0670. The zero-order chi connectivity index (χ0) is 43.9. The maximum Gasteiger partial charge on any atom is 0.407 e. The standard InChI is InChI=1S/C49H56N8O5/c1-7-24-56(48(60)44(32-11-9-8-10-12-32)55-47(59)33-13-14-33)25-23-51-40-21-17-36-26-34(15-19-38(36)45(40)50-5)35-16-20-39-37(27-35)18-22-41-46(39)54-42(53-41)29-57(31(4)30(2)3)43(58)28-52-49(61)62-6/h8-12,15-23,26-27,30-31,33,44,50H,7,13-14,24-25,28-29H2,1-6H3,(H,52,61)(H,53,54)(H,55,59)/b51-23+/t31-,44-/m1/s1. The Labute approximate surface area is 362 Å². The number of methoxy groups -OCH3 is 1. The Balaban J connectivity index is 1.09. The highest BCUT2D eigenvalue weighted by atomic mass is 16.5. The molecule has 2 atom stereocenters. The van der Waals surface area contributed by atoms with Gasteiger partial charge in [-0.15, -0.1) is 0 Å². The van der Waals surface area contributed by atoms with Crippen LogP contribution in [0.25, 0.3) is 43.7 Å². The predicted octanol–water partition coefficient (Wildman–Crippen LogP) is 8.52. The van der Waals surface area contributed by atoms with Crippen LogP contribution in [0.15, 0.2) is 96.0 Å². The number of aromatic nitrogens is 2. The maximum absolute atomic E-state index is 14.0. The number of ether oxygens (including phenoxy) is 1. The number of nitrogens with zero attached hydrogens (tertiary/aromatic N) is 4. The van der Waals surface area contributed by atoms with Crippen molar-refractivity contribution < 1.29 is 23.9 Å². The van der Waals surface area contributed by atoms with E-state index in [-0.39, 0.29) is 48.7 Å². The SMILES string of the molecule is CCCN(C/C=N/c1ccc2cc(-c3ccc4c(ccc5nc(CN(C(=O)CNC(=O)OC)[C@H](C)C(C)C)[nH]c54)c3)ccc2c1NC)C(=O)[C@H](NC(=O)C1CC1)c1ccccc1. The van der Waals surface area contributed by atoms with E-state index in [2.05, 4.69) is 88.0 Å². The number of benzene rings is 5. The van der Waals surface area contributed by atoms with Gasteiger partial charge < -0.3 is 35.5 Å². The van der Waals surface area contributed by atoms with Crippen LogP contribution in [-0.4, -0.2) is 89.6 Å². The average molecular weight is 837 g/mol. The number of rotatable bonds is 17. The molecular weight excluding hydrogens is 781 g/mol. The molecule has 0 unspecified atom stereocenters. The van der Waals surface area contributed by atoms with Crippen LogP contribution in [0.1, 0.15) is 64.4 Å². The minimum atomic E-state index is -0.753. The Kier molecular flexibility index (Phi) is 13.5. The molecule has 7 rings (SSSR count). The van der Waals surface area contributed by atoms with Gasteiger partial charge in [-0.05, 0) is 83.8 Å². The van der Waals surface area contributed by atoms with Crippen molar-refractivity contribution in [1.29, 1.82) is 0 Å². The summed E-state index contributed by atoms with van der Waals surface area (Å²) in [6, 6.07) is 29.5. The maximum atomic E-state index is 14.0. The lowest BCUT2D eigenvalue weighted by molar-refractivity contribution is -0.136. The van der Waals surface area contributed by atoms with Gasteiger partial charge in [0.05, 0.1) is 42.6 Å². The van der Waals surface area contributed by atoms with Gasteiger partial charge in [0.2, 0.25) is 17.7 Å². The zero-order valence-electron chi connectivity index (χ0n) is 36.3. The summed E-state index contributed by atoms with van der Waals surface area (Å²) in [7, 11) is 3.15. The van der Waals surface area contributed by atoms with Crippen LogP contribution in [0, 0.1) is 11.8 Å². The number of alkyl carbamates (subject to hydrolysis) is 1. The van der Waals surface area contributed by atoms with E-state index < -0.39 is 12.1 Å². The number of aliphatic imine (C=N–C) groups is 1. The van der Waals surface area contributed by atoms with Crippen LogP contribution in [0.5, 0.6) is 0 Å². The Morgan fingerprint density at radius 2 is 1.61 bits per heavy atom. The Bertz CT molecular complexity index is 2620. The summed E-state index contributed by atoms with van der Waals surface area (Å²) in [6.07, 6.45) is 3.61. The predicted molar refractivity (Wildman–Crippen MR) is 246 cm³/mol. The van der Waals surface area contributed by atoms with Crippen LogP contribution in [0.2, 0.25) is 0 Å². The summed E-state index contributed by atoms with van der Waals surface area (Å²) in [5.41, 5.74) is 6.24. The molecule has 5 aromatic carbocycles. The fourth-order valence-electron chi connectivity index (χ4n) is 7.81. The van der Waals surface area contributed by atoms with Crippen LogP contribution < -0.4 is 16.0 Å². The van der Waals surface area contributed by atoms with Gasteiger partial charge in [0.25, 0.3) is 0 Å². The van der Waals surface area contributed by atoms with E-state index in [0.717, 1.165) is 79.9 Å². The molecule has 13 nitrogen and oxygen atoms in total. The molecule has 4 N–H and O–H groups in total. The highest BCUT2D eigenvalue weighted by Crippen LogP contribution is 2.37. The van der Waals surface area contributed by atoms with Crippen molar-refractivity contribution in [3.05, 3.63) is 102 Å². The molecule has 4 amide bonds. The molecule has 1 aliphatic rings. The zero-order valence-corrected chi connectivity index (χ0v) is 36.3. The van der Waals surface area contributed by atoms with Gasteiger partial charge in [-0.25, -0.2) is 9.78 Å². The van der Waals surface area contributed by atoms with Gasteiger partial charge in [-0.3, -0.25) is 19.4 Å². The normalized spacial score (nSPS) is 13.7. The first-order chi connectivity index (χ1) is 30.0. The smallest absolute Gasteiger partial charge is 0.407 e. The second-order valence-corrected chi connectivity index (χ2v) is 16.3. The molecule has 0 radical (unpaired) electrons. The lowest BCUT2D eigenvalue weighted by Gasteiger charge is -2.31. The molecule has 1 saturated carbocycles. The molecule has 0 spiro atoms. The van der Waals surface area contributed by atoms with Gasteiger partial charge in [0, 0.05) is 42.5 Å². The van der Waals surface area contributed by atoms with E-state index in [9.17, 15) is 19.2 Å². The van der Waals surface area contributed by atoms with Crippen molar-refractivity contribution in [1.82, 2.24) is 30.4 Å². The number of imidazole rings is 1. The number of hydrogen-bond acceptors (Lipinski definition) is 8. The van der Waals surface area contributed by atoms with Crippen molar-refractivity contribution in [2.45, 2.75) is 65.6 Å². The van der Waals surface area contributed by atoms with Gasteiger partial charge in [0.15, 0.2) is 0 Å². The van der Waals surface area contributed by atoms with E-state index in [0.29, 0.717) is 18.9 Å². The largest absolute Gasteiger partial charge is 0.453 e. The molecule has 1 heterocycles. The first-order valence-corrected chi connectivity index (χ1v) is 21.4. The topological polar surface area (TPSA) is 161 Å². The van der Waals surface area contributed by atoms with Gasteiger partial charge in [-0.1, -0.05) is 87.5 Å². The lowest BCUT2D eigenvalue weighted by Crippen LogP contribution is -2.46. The summed E-state index contributed by atoms with van der Waals surface area (Å²) in [6.45, 7) is 9.07. The number of nitrogens with one attached hydrogen (secondary N) is 4. The number of carbonyl (C=O) groups is 4. The number of amides is 4. The number of fused-ring (bicyclic) bond motifs is 4.